The quantitative estimate of drug-likeness (QED) is 0.646. The third-order valence-corrected chi connectivity index (χ3v) is 6.52. The lowest BCUT2D eigenvalue weighted by molar-refractivity contribution is -0.146. The molecule has 4 rings (SSSR count). The summed E-state index contributed by atoms with van der Waals surface area (Å²) in [6, 6.07) is 10.1. The summed E-state index contributed by atoms with van der Waals surface area (Å²) in [5.41, 5.74) is 3.40. The second-order valence-electron chi connectivity index (χ2n) is 10.5. The lowest BCUT2D eigenvalue weighted by atomic mass is 9.88. The number of fused-ring (bicyclic) bond motifs is 1. The Labute approximate surface area is 201 Å². The second-order valence-corrected chi connectivity index (χ2v) is 10.5. The second kappa shape index (κ2) is 10.2. The Morgan fingerprint density at radius 1 is 1.18 bits per heavy atom. The molecule has 1 saturated heterocycles. The van der Waals surface area contributed by atoms with Gasteiger partial charge in [-0.1, -0.05) is 45.0 Å². The molecular weight excluding hydrogens is 430 g/mol. The van der Waals surface area contributed by atoms with Gasteiger partial charge in [-0.05, 0) is 36.0 Å². The number of carbonyl (C=O) groups excluding carboxylic acids is 2. The van der Waals surface area contributed by atoms with Crippen molar-refractivity contribution in [3.8, 4) is 0 Å². The Bertz CT molecular complexity index is 1030. The van der Waals surface area contributed by atoms with Gasteiger partial charge in [-0.25, -0.2) is 9.97 Å². The molecule has 182 valence electrons. The van der Waals surface area contributed by atoms with E-state index in [1.54, 1.807) is 6.07 Å². The van der Waals surface area contributed by atoms with Gasteiger partial charge >= 0.3 is 0 Å². The van der Waals surface area contributed by atoms with Crippen LogP contribution in [0.4, 0.5) is 0 Å². The van der Waals surface area contributed by atoms with Crippen LogP contribution in [0.5, 0.6) is 0 Å². The first-order chi connectivity index (χ1) is 16.2. The smallest absolute Gasteiger partial charge is 0.270 e. The van der Waals surface area contributed by atoms with Crippen LogP contribution in [0.2, 0.25) is 0 Å². The first-order valence-corrected chi connectivity index (χ1v) is 12.0. The zero-order chi connectivity index (χ0) is 24.3. The molecule has 0 bridgehead atoms. The van der Waals surface area contributed by atoms with E-state index in [1.165, 1.54) is 17.5 Å². The number of rotatable bonds is 7. The zero-order valence-electron chi connectivity index (χ0n) is 20.3. The van der Waals surface area contributed by atoms with Crippen molar-refractivity contribution in [2.24, 2.45) is 11.3 Å². The predicted octanol–water partition coefficient (Wildman–Crippen LogP) is 1.67. The first-order valence-electron chi connectivity index (χ1n) is 12.0. The molecule has 2 aliphatic heterocycles. The first kappa shape index (κ1) is 24.3. The van der Waals surface area contributed by atoms with Crippen LogP contribution in [0.25, 0.3) is 0 Å². The van der Waals surface area contributed by atoms with E-state index in [9.17, 15) is 14.7 Å². The molecule has 1 aromatic carbocycles. The Morgan fingerprint density at radius 2 is 1.91 bits per heavy atom. The number of hydrogen-bond acceptors (Lipinski definition) is 6. The number of aliphatic hydroxyl groups is 1. The molecule has 1 atom stereocenters. The Kier molecular flexibility index (Phi) is 7.28. The van der Waals surface area contributed by atoms with Gasteiger partial charge in [0.05, 0.1) is 6.10 Å². The van der Waals surface area contributed by atoms with Crippen molar-refractivity contribution in [2.45, 2.75) is 46.3 Å². The molecule has 3 heterocycles. The normalized spacial score (nSPS) is 17.6. The SMILES string of the molecule is CC(C)(C)C(=O)N1CC(Cc2cc(C(=O)NC[C@H](O)CN3CCc4ccccc4C3)ncn2)C1. The van der Waals surface area contributed by atoms with Crippen LogP contribution in [-0.4, -0.2) is 75.5 Å². The van der Waals surface area contributed by atoms with Gasteiger partial charge in [-0.2, -0.15) is 0 Å². The van der Waals surface area contributed by atoms with Crippen LogP contribution >= 0.6 is 0 Å². The fraction of sp³-hybridized carbons (Fsp3) is 0.538. The highest BCUT2D eigenvalue weighted by atomic mass is 16.3. The van der Waals surface area contributed by atoms with Gasteiger partial charge in [0.25, 0.3) is 5.91 Å². The van der Waals surface area contributed by atoms with Crippen LogP contribution in [0, 0.1) is 11.3 Å². The number of amides is 2. The standard InChI is InChI=1S/C26H35N5O3/c1-26(2,3)25(34)31-13-18(14-31)10-21-11-23(29-17-28-21)24(33)27-12-22(32)16-30-9-8-19-6-4-5-7-20(19)15-30/h4-7,11,17-18,22,32H,8-10,12-16H2,1-3H3,(H,27,33)/t22-/m0/s1. The molecule has 0 radical (unpaired) electrons. The van der Waals surface area contributed by atoms with Gasteiger partial charge in [0.2, 0.25) is 5.91 Å². The molecule has 0 unspecified atom stereocenters. The van der Waals surface area contributed by atoms with E-state index in [2.05, 4.69) is 38.4 Å². The summed E-state index contributed by atoms with van der Waals surface area (Å²) < 4.78 is 0. The van der Waals surface area contributed by atoms with E-state index in [0.29, 0.717) is 24.6 Å². The number of hydrogen-bond donors (Lipinski definition) is 2. The van der Waals surface area contributed by atoms with Crippen molar-refractivity contribution in [1.82, 2.24) is 25.1 Å². The molecule has 34 heavy (non-hydrogen) atoms. The number of likely N-dealkylation sites (tertiary alicyclic amines) is 1. The minimum atomic E-state index is -0.656. The van der Waals surface area contributed by atoms with E-state index >= 15 is 0 Å². The monoisotopic (exact) mass is 465 g/mol. The van der Waals surface area contributed by atoms with Crippen molar-refractivity contribution in [2.75, 3.05) is 32.7 Å². The van der Waals surface area contributed by atoms with Gasteiger partial charge in [-0.3, -0.25) is 14.5 Å². The van der Waals surface area contributed by atoms with Crippen molar-refractivity contribution in [3.63, 3.8) is 0 Å². The maximum atomic E-state index is 12.6. The summed E-state index contributed by atoms with van der Waals surface area (Å²) in [6.45, 7) is 9.62. The molecule has 0 spiro atoms. The molecule has 8 heteroatoms. The van der Waals surface area contributed by atoms with Crippen molar-refractivity contribution < 1.29 is 14.7 Å². The summed E-state index contributed by atoms with van der Waals surface area (Å²) in [7, 11) is 0. The maximum absolute atomic E-state index is 12.6. The van der Waals surface area contributed by atoms with Gasteiger partial charge in [0.15, 0.2) is 0 Å². The minimum Gasteiger partial charge on any atom is -0.390 e. The van der Waals surface area contributed by atoms with Gasteiger partial charge in [0.1, 0.15) is 12.0 Å². The van der Waals surface area contributed by atoms with Crippen LogP contribution in [-0.2, 0) is 24.2 Å². The summed E-state index contributed by atoms with van der Waals surface area (Å²) in [5, 5.41) is 13.3. The third-order valence-electron chi connectivity index (χ3n) is 6.52. The van der Waals surface area contributed by atoms with Crippen molar-refractivity contribution >= 4 is 11.8 Å². The van der Waals surface area contributed by atoms with Crippen LogP contribution in [0.15, 0.2) is 36.7 Å². The summed E-state index contributed by atoms with van der Waals surface area (Å²) in [4.78, 5) is 37.4. The zero-order valence-corrected chi connectivity index (χ0v) is 20.3. The van der Waals surface area contributed by atoms with Crippen molar-refractivity contribution in [3.05, 3.63) is 59.2 Å². The Morgan fingerprint density at radius 3 is 2.65 bits per heavy atom. The van der Waals surface area contributed by atoms with Crippen LogP contribution < -0.4 is 5.32 Å². The number of nitrogens with one attached hydrogen (secondary N) is 1. The largest absolute Gasteiger partial charge is 0.390 e. The van der Waals surface area contributed by atoms with Crippen LogP contribution in [0.3, 0.4) is 0 Å². The topological polar surface area (TPSA) is 98.7 Å². The number of β-amino-alcohol motifs (C(OH)–C–C–N with tert-alkyl or cyclic N) is 1. The third kappa shape index (κ3) is 5.98. The fourth-order valence-electron chi connectivity index (χ4n) is 4.64. The van der Waals surface area contributed by atoms with E-state index in [1.807, 2.05) is 31.7 Å². The average Bonchev–Trinajstić information content (AvgIpc) is 2.78. The van der Waals surface area contributed by atoms with Gasteiger partial charge in [0, 0.05) is 50.4 Å². The summed E-state index contributed by atoms with van der Waals surface area (Å²) >= 11 is 0. The molecule has 2 aliphatic rings. The molecule has 8 nitrogen and oxygen atoms in total. The lowest BCUT2D eigenvalue weighted by Crippen LogP contribution is -2.54. The predicted molar refractivity (Wildman–Crippen MR) is 129 cm³/mol. The number of carbonyl (C=O) groups is 2. The van der Waals surface area contributed by atoms with Gasteiger partial charge < -0.3 is 15.3 Å². The summed E-state index contributed by atoms with van der Waals surface area (Å²) in [5.74, 6) is 0.192. The number of nitrogens with zero attached hydrogens (tertiary/aromatic N) is 4. The molecule has 1 fully saturated rings. The highest BCUT2D eigenvalue weighted by molar-refractivity contribution is 5.92. The minimum absolute atomic E-state index is 0.166. The molecule has 0 aliphatic carbocycles. The van der Waals surface area contributed by atoms with E-state index < -0.39 is 6.10 Å². The molecule has 2 aromatic rings. The molecule has 1 aromatic heterocycles. The molecule has 2 amide bonds. The lowest BCUT2D eigenvalue weighted by Gasteiger charge is -2.42. The highest BCUT2D eigenvalue weighted by Gasteiger charge is 2.36. The highest BCUT2D eigenvalue weighted by Crippen LogP contribution is 2.26. The Hall–Kier alpha value is -2.84. The summed E-state index contributed by atoms with van der Waals surface area (Å²) in [6.07, 6.45) is 2.43. The molecular formula is C26H35N5O3. The number of aliphatic hydroxyl groups excluding tert-OH is 1. The van der Waals surface area contributed by atoms with E-state index in [0.717, 1.165) is 38.3 Å². The van der Waals surface area contributed by atoms with Crippen LogP contribution in [0.1, 0.15) is 48.1 Å². The number of aromatic nitrogens is 2. The maximum Gasteiger partial charge on any atom is 0.270 e. The van der Waals surface area contributed by atoms with Gasteiger partial charge in [-0.15, -0.1) is 0 Å². The van der Waals surface area contributed by atoms with E-state index in [-0.39, 0.29) is 23.8 Å². The molecule has 0 saturated carbocycles. The Balaban J connectivity index is 1.22. The molecule has 2 N–H and O–H groups in total. The van der Waals surface area contributed by atoms with E-state index in [4.69, 9.17) is 0 Å². The van der Waals surface area contributed by atoms with Crippen molar-refractivity contribution in [1.29, 1.82) is 0 Å². The fourth-order valence-corrected chi connectivity index (χ4v) is 4.64. The average molecular weight is 466 g/mol. The number of benzene rings is 1.